The minimum atomic E-state index is -0.220. The molecule has 0 aromatic carbocycles. The maximum atomic E-state index is 8.71. The van der Waals surface area contributed by atoms with Gasteiger partial charge in [-0.1, -0.05) is 13.8 Å². The molecule has 0 bridgehead atoms. The Morgan fingerprint density at radius 3 is 2.31 bits per heavy atom. The van der Waals surface area contributed by atoms with Crippen LogP contribution in [0.4, 0.5) is 0 Å². The molecule has 0 rings (SSSR count). The van der Waals surface area contributed by atoms with Crippen LogP contribution >= 0.6 is 0 Å². The molecule has 0 aliphatic rings. The molecule has 0 fully saturated rings. The van der Waals surface area contributed by atoms with E-state index < -0.39 is 0 Å². The van der Waals surface area contributed by atoms with Gasteiger partial charge in [0.15, 0.2) is 0 Å². The number of ether oxygens (including phenoxy) is 1. The second-order valence-electron chi connectivity index (χ2n) is 3.48. The fraction of sp³-hybridized carbons (Fsp3) is 1.00. The Morgan fingerprint density at radius 1 is 1.23 bits per heavy atom. The maximum absolute atomic E-state index is 8.71. The third kappa shape index (κ3) is 8.18. The quantitative estimate of drug-likeness (QED) is 0.457. The fourth-order valence-electron chi connectivity index (χ4n) is 0.841. The van der Waals surface area contributed by atoms with Gasteiger partial charge in [-0.3, -0.25) is 0 Å². The highest BCUT2D eigenvalue weighted by Crippen LogP contribution is 1.91. The van der Waals surface area contributed by atoms with Crippen LogP contribution in [0.5, 0.6) is 0 Å². The molecular formula is C9H21NO3. The van der Waals surface area contributed by atoms with Crippen molar-refractivity contribution in [2.24, 2.45) is 5.92 Å². The Labute approximate surface area is 79.9 Å². The van der Waals surface area contributed by atoms with Gasteiger partial charge >= 0.3 is 0 Å². The summed E-state index contributed by atoms with van der Waals surface area (Å²) in [5.74, 6) is 0.548. The van der Waals surface area contributed by atoms with Crippen LogP contribution in [0.3, 0.4) is 0 Å². The Morgan fingerprint density at radius 2 is 1.85 bits per heavy atom. The Hall–Kier alpha value is -0.160. The normalized spacial score (nSPS) is 11.5. The van der Waals surface area contributed by atoms with E-state index in [4.69, 9.17) is 14.9 Å². The lowest BCUT2D eigenvalue weighted by Gasteiger charge is -2.13. The van der Waals surface area contributed by atoms with Gasteiger partial charge in [0.2, 0.25) is 0 Å². The number of aliphatic hydroxyl groups is 2. The van der Waals surface area contributed by atoms with E-state index >= 15 is 0 Å². The minimum absolute atomic E-state index is 0.0410. The van der Waals surface area contributed by atoms with Crippen molar-refractivity contribution < 1.29 is 14.9 Å². The van der Waals surface area contributed by atoms with Gasteiger partial charge in [-0.2, -0.15) is 0 Å². The SMILES string of the molecule is CC(C)COCCNC(CO)CO. The van der Waals surface area contributed by atoms with Crippen LogP contribution in [-0.4, -0.2) is 49.2 Å². The van der Waals surface area contributed by atoms with Crippen LogP contribution < -0.4 is 5.32 Å². The minimum Gasteiger partial charge on any atom is -0.395 e. The van der Waals surface area contributed by atoms with Crippen LogP contribution in [0.2, 0.25) is 0 Å². The molecule has 0 spiro atoms. The number of nitrogens with one attached hydrogen (secondary N) is 1. The van der Waals surface area contributed by atoms with E-state index in [-0.39, 0.29) is 19.3 Å². The summed E-state index contributed by atoms with van der Waals surface area (Å²) in [6.07, 6.45) is 0. The molecule has 4 heteroatoms. The molecule has 0 radical (unpaired) electrons. The summed E-state index contributed by atoms with van der Waals surface area (Å²) in [5, 5.41) is 20.4. The molecule has 4 nitrogen and oxygen atoms in total. The zero-order valence-electron chi connectivity index (χ0n) is 8.49. The first-order valence-corrected chi connectivity index (χ1v) is 4.73. The molecule has 0 saturated heterocycles. The van der Waals surface area contributed by atoms with Gasteiger partial charge in [-0.25, -0.2) is 0 Å². The first-order chi connectivity index (χ1) is 6.20. The van der Waals surface area contributed by atoms with Crippen molar-refractivity contribution in [1.82, 2.24) is 5.32 Å². The largest absolute Gasteiger partial charge is 0.395 e. The maximum Gasteiger partial charge on any atom is 0.0607 e. The number of rotatable bonds is 8. The van der Waals surface area contributed by atoms with E-state index in [9.17, 15) is 0 Å². The zero-order valence-corrected chi connectivity index (χ0v) is 8.49. The highest BCUT2D eigenvalue weighted by atomic mass is 16.5. The van der Waals surface area contributed by atoms with E-state index in [1.807, 2.05) is 0 Å². The first-order valence-electron chi connectivity index (χ1n) is 4.73. The highest BCUT2D eigenvalue weighted by Gasteiger charge is 2.02. The molecule has 13 heavy (non-hydrogen) atoms. The molecule has 0 saturated carbocycles. The second kappa shape index (κ2) is 8.44. The van der Waals surface area contributed by atoms with Gasteiger partial charge in [-0.15, -0.1) is 0 Å². The van der Waals surface area contributed by atoms with Gasteiger partial charge in [0, 0.05) is 13.2 Å². The van der Waals surface area contributed by atoms with E-state index in [1.165, 1.54) is 0 Å². The average Bonchev–Trinajstić information content (AvgIpc) is 2.11. The van der Waals surface area contributed by atoms with Crippen LogP contribution in [0.1, 0.15) is 13.8 Å². The lowest BCUT2D eigenvalue weighted by Crippen LogP contribution is -2.37. The van der Waals surface area contributed by atoms with Crippen molar-refractivity contribution in [3.63, 3.8) is 0 Å². The summed E-state index contributed by atoms with van der Waals surface area (Å²) in [4.78, 5) is 0. The lowest BCUT2D eigenvalue weighted by molar-refractivity contribution is 0.102. The van der Waals surface area contributed by atoms with Crippen molar-refractivity contribution >= 4 is 0 Å². The summed E-state index contributed by atoms with van der Waals surface area (Å²) in [5.41, 5.74) is 0. The second-order valence-corrected chi connectivity index (χ2v) is 3.48. The third-order valence-corrected chi connectivity index (χ3v) is 1.57. The topological polar surface area (TPSA) is 61.7 Å². The molecule has 0 heterocycles. The van der Waals surface area contributed by atoms with Crippen molar-refractivity contribution in [2.75, 3.05) is 33.0 Å². The third-order valence-electron chi connectivity index (χ3n) is 1.57. The van der Waals surface area contributed by atoms with Gasteiger partial charge in [0.1, 0.15) is 0 Å². The van der Waals surface area contributed by atoms with E-state index in [2.05, 4.69) is 19.2 Å². The van der Waals surface area contributed by atoms with Gasteiger partial charge < -0.3 is 20.3 Å². The molecular weight excluding hydrogens is 170 g/mol. The molecule has 0 aliphatic heterocycles. The van der Waals surface area contributed by atoms with Gasteiger partial charge in [0.05, 0.1) is 25.9 Å². The summed E-state index contributed by atoms with van der Waals surface area (Å²) in [6, 6.07) is -0.220. The predicted octanol–water partition coefficient (Wildman–Crippen LogP) is -0.398. The van der Waals surface area contributed by atoms with Gasteiger partial charge in [-0.05, 0) is 5.92 Å². The summed E-state index contributed by atoms with van der Waals surface area (Å²) in [6.45, 7) is 6.15. The molecule has 0 unspecified atom stereocenters. The Kier molecular flexibility index (Phi) is 8.33. The monoisotopic (exact) mass is 191 g/mol. The van der Waals surface area contributed by atoms with Crippen LogP contribution in [0.25, 0.3) is 0 Å². The van der Waals surface area contributed by atoms with Gasteiger partial charge in [0.25, 0.3) is 0 Å². The average molecular weight is 191 g/mol. The smallest absolute Gasteiger partial charge is 0.0607 e. The van der Waals surface area contributed by atoms with E-state index in [0.29, 0.717) is 19.1 Å². The number of hydrogen-bond donors (Lipinski definition) is 3. The van der Waals surface area contributed by atoms with Crippen molar-refractivity contribution in [3.05, 3.63) is 0 Å². The lowest BCUT2D eigenvalue weighted by atomic mass is 10.2. The van der Waals surface area contributed by atoms with Crippen LogP contribution in [0.15, 0.2) is 0 Å². The van der Waals surface area contributed by atoms with E-state index in [1.54, 1.807) is 0 Å². The summed E-state index contributed by atoms with van der Waals surface area (Å²) < 4.78 is 5.31. The molecule has 0 amide bonds. The molecule has 0 aliphatic carbocycles. The Bertz CT molecular complexity index is 105. The Balaban J connectivity index is 3.14. The number of hydrogen-bond acceptors (Lipinski definition) is 4. The molecule has 80 valence electrons. The molecule has 0 aromatic heterocycles. The fourth-order valence-corrected chi connectivity index (χ4v) is 0.841. The summed E-state index contributed by atoms with van der Waals surface area (Å²) >= 11 is 0. The zero-order chi connectivity index (χ0) is 10.1. The standard InChI is InChI=1S/C9H21NO3/c1-8(2)7-13-4-3-10-9(5-11)6-12/h8-12H,3-7H2,1-2H3. The van der Waals surface area contributed by atoms with Crippen molar-refractivity contribution in [2.45, 2.75) is 19.9 Å². The summed E-state index contributed by atoms with van der Waals surface area (Å²) in [7, 11) is 0. The van der Waals surface area contributed by atoms with Crippen LogP contribution in [-0.2, 0) is 4.74 Å². The molecule has 0 atom stereocenters. The van der Waals surface area contributed by atoms with E-state index in [0.717, 1.165) is 6.61 Å². The highest BCUT2D eigenvalue weighted by molar-refractivity contribution is 4.62. The predicted molar refractivity (Wildman–Crippen MR) is 51.6 cm³/mol. The van der Waals surface area contributed by atoms with Crippen molar-refractivity contribution in [1.29, 1.82) is 0 Å². The van der Waals surface area contributed by atoms with Crippen LogP contribution in [0, 0.1) is 5.92 Å². The molecule has 3 N–H and O–H groups in total. The van der Waals surface area contributed by atoms with Crippen molar-refractivity contribution in [3.8, 4) is 0 Å². The first kappa shape index (κ1) is 12.8. The number of aliphatic hydroxyl groups excluding tert-OH is 2. The molecule has 0 aromatic rings.